The molecule has 1 unspecified atom stereocenters. The van der Waals surface area contributed by atoms with Crippen LogP contribution in [0.25, 0.3) is 0 Å². The van der Waals surface area contributed by atoms with E-state index in [-0.39, 0.29) is 17.6 Å². The number of carbonyl (C=O) groups is 1. The van der Waals surface area contributed by atoms with Gasteiger partial charge in [0.2, 0.25) is 0 Å². The van der Waals surface area contributed by atoms with Gasteiger partial charge in [0.25, 0.3) is 5.91 Å². The monoisotopic (exact) mass is 286 g/mol. The number of nitrogens with two attached hydrogens (primary N) is 1. The summed E-state index contributed by atoms with van der Waals surface area (Å²) in [6.07, 6.45) is 1.74. The molecule has 5 nitrogen and oxygen atoms in total. The molecule has 0 radical (unpaired) electrons. The molecule has 0 spiro atoms. The highest BCUT2D eigenvalue weighted by Crippen LogP contribution is 2.18. The molecule has 0 fully saturated rings. The van der Waals surface area contributed by atoms with Crippen LogP contribution in [0.1, 0.15) is 53.6 Å². The van der Waals surface area contributed by atoms with Crippen molar-refractivity contribution in [3.63, 3.8) is 0 Å². The number of anilines is 1. The van der Waals surface area contributed by atoms with Gasteiger partial charge in [0.05, 0.1) is 17.4 Å². The number of hydrogen-bond donors (Lipinski definition) is 3. The zero-order valence-electron chi connectivity index (χ0n) is 12.7. The van der Waals surface area contributed by atoms with Gasteiger partial charge in [-0.15, -0.1) is 0 Å². The SMILES string of the molecule is CCCc1[nH]nc(C(=O)NC(C)c2ccc(C)cc2)c1N. The number of benzene rings is 1. The molecule has 0 aliphatic heterocycles. The predicted molar refractivity (Wildman–Crippen MR) is 84.1 cm³/mol. The van der Waals surface area contributed by atoms with Gasteiger partial charge >= 0.3 is 0 Å². The maximum atomic E-state index is 12.3. The van der Waals surface area contributed by atoms with Gasteiger partial charge in [-0.2, -0.15) is 5.10 Å². The second kappa shape index (κ2) is 6.43. The van der Waals surface area contributed by atoms with Crippen LogP contribution in [-0.2, 0) is 6.42 Å². The van der Waals surface area contributed by atoms with Crippen LogP contribution in [0.3, 0.4) is 0 Å². The summed E-state index contributed by atoms with van der Waals surface area (Å²) in [7, 11) is 0. The molecule has 4 N–H and O–H groups in total. The molecule has 21 heavy (non-hydrogen) atoms. The molecular formula is C16H22N4O. The van der Waals surface area contributed by atoms with Crippen molar-refractivity contribution in [2.24, 2.45) is 0 Å². The number of hydrogen-bond acceptors (Lipinski definition) is 3. The highest BCUT2D eigenvalue weighted by Gasteiger charge is 2.18. The number of aromatic nitrogens is 2. The van der Waals surface area contributed by atoms with Crippen molar-refractivity contribution in [2.45, 2.75) is 39.7 Å². The molecule has 1 heterocycles. The second-order valence-electron chi connectivity index (χ2n) is 5.32. The van der Waals surface area contributed by atoms with E-state index in [0.29, 0.717) is 5.69 Å². The van der Waals surface area contributed by atoms with Crippen LogP contribution in [0.4, 0.5) is 5.69 Å². The lowest BCUT2D eigenvalue weighted by Crippen LogP contribution is -2.27. The van der Waals surface area contributed by atoms with E-state index in [1.54, 1.807) is 0 Å². The lowest BCUT2D eigenvalue weighted by molar-refractivity contribution is 0.0935. The molecule has 1 aromatic heterocycles. The van der Waals surface area contributed by atoms with Gasteiger partial charge < -0.3 is 11.1 Å². The molecule has 1 aromatic carbocycles. The largest absolute Gasteiger partial charge is 0.395 e. The van der Waals surface area contributed by atoms with Crippen molar-refractivity contribution in [1.29, 1.82) is 0 Å². The van der Waals surface area contributed by atoms with E-state index in [1.807, 2.05) is 38.1 Å². The second-order valence-corrected chi connectivity index (χ2v) is 5.32. The Kier molecular flexibility index (Phi) is 4.62. The van der Waals surface area contributed by atoms with Crippen molar-refractivity contribution >= 4 is 11.6 Å². The Hall–Kier alpha value is -2.30. The van der Waals surface area contributed by atoms with E-state index in [2.05, 4.69) is 22.4 Å². The van der Waals surface area contributed by atoms with E-state index in [0.717, 1.165) is 24.1 Å². The van der Waals surface area contributed by atoms with Crippen molar-refractivity contribution in [3.8, 4) is 0 Å². The Labute approximate surface area is 124 Å². The first-order chi connectivity index (χ1) is 10.0. The molecular weight excluding hydrogens is 264 g/mol. The van der Waals surface area contributed by atoms with Gasteiger partial charge in [-0.05, 0) is 25.8 Å². The van der Waals surface area contributed by atoms with Gasteiger partial charge in [0, 0.05) is 0 Å². The van der Waals surface area contributed by atoms with E-state index in [9.17, 15) is 4.79 Å². The van der Waals surface area contributed by atoms with Crippen LogP contribution < -0.4 is 11.1 Å². The van der Waals surface area contributed by atoms with Crippen molar-refractivity contribution in [1.82, 2.24) is 15.5 Å². The van der Waals surface area contributed by atoms with Crippen LogP contribution in [0.5, 0.6) is 0 Å². The first-order valence-electron chi connectivity index (χ1n) is 7.23. The summed E-state index contributed by atoms with van der Waals surface area (Å²) in [6.45, 7) is 6.03. The topological polar surface area (TPSA) is 83.8 Å². The maximum absolute atomic E-state index is 12.3. The summed E-state index contributed by atoms with van der Waals surface area (Å²) in [5.74, 6) is -0.251. The number of nitrogen functional groups attached to an aromatic ring is 1. The fourth-order valence-electron chi connectivity index (χ4n) is 2.20. The first kappa shape index (κ1) is 15.1. The quantitative estimate of drug-likeness (QED) is 0.790. The number of nitrogens with zero attached hydrogens (tertiary/aromatic N) is 1. The summed E-state index contributed by atoms with van der Waals surface area (Å²) in [5, 5.41) is 9.80. The van der Waals surface area contributed by atoms with Crippen molar-refractivity contribution < 1.29 is 4.79 Å². The zero-order chi connectivity index (χ0) is 15.4. The minimum absolute atomic E-state index is 0.0937. The number of carbonyl (C=O) groups excluding carboxylic acids is 1. The molecule has 0 saturated carbocycles. The summed E-state index contributed by atoms with van der Waals surface area (Å²) in [4.78, 5) is 12.3. The van der Waals surface area contributed by atoms with Gasteiger partial charge in [0.1, 0.15) is 0 Å². The summed E-state index contributed by atoms with van der Waals surface area (Å²) in [6, 6.07) is 7.98. The molecule has 2 rings (SSSR count). The average molecular weight is 286 g/mol. The molecule has 1 atom stereocenters. The van der Waals surface area contributed by atoms with E-state index < -0.39 is 0 Å². The highest BCUT2D eigenvalue weighted by molar-refractivity contribution is 5.97. The number of H-pyrrole nitrogens is 1. The maximum Gasteiger partial charge on any atom is 0.274 e. The smallest absolute Gasteiger partial charge is 0.274 e. The lowest BCUT2D eigenvalue weighted by atomic mass is 10.1. The first-order valence-corrected chi connectivity index (χ1v) is 7.23. The molecule has 5 heteroatoms. The summed E-state index contributed by atoms with van der Waals surface area (Å²) < 4.78 is 0. The van der Waals surface area contributed by atoms with E-state index in [4.69, 9.17) is 5.73 Å². The number of rotatable bonds is 5. The molecule has 0 aliphatic carbocycles. The third-order valence-electron chi connectivity index (χ3n) is 3.52. The van der Waals surface area contributed by atoms with Crippen LogP contribution >= 0.6 is 0 Å². The predicted octanol–water partition coefficient (Wildman–Crippen LogP) is 2.74. The fourth-order valence-corrected chi connectivity index (χ4v) is 2.20. The Bertz CT molecular complexity index is 616. The molecule has 1 amide bonds. The third-order valence-corrected chi connectivity index (χ3v) is 3.52. The van der Waals surface area contributed by atoms with Crippen LogP contribution in [-0.4, -0.2) is 16.1 Å². The average Bonchev–Trinajstić information content (AvgIpc) is 2.81. The molecule has 0 saturated heterocycles. The van der Waals surface area contributed by atoms with Crippen LogP contribution in [0.2, 0.25) is 0 Å². The molecule has 112 valence electrons. The number of aryl methyl sites for hydroxylation is 2. The summed E-state index contributed by atoms with van der Waals surface area (Å²) in [5.41, 5.74) is 9.76. The van der Waals surface area contributed by atoms with Gasteiger partial charge in [-0.1, -0.05) is 43.2 Å². The fraction of sp³-hybridized carbons (Fsp3) is 0.375. The lowest BCUT2D eigenvalue weighted by Gasteiger charge is -2.14. The van der Waals surface area contributed by atoms with Crippen molar-refractivity contribution in [2.75, 3.05) is 5.73 Å². The normalized spacial score (nSPS) is 12.1. The van der Waals surface area contributed by atoms with Crippen LogP contribution in [0.15, 0.2) is 24.3 Å². The standard InChI is InChI=1S/C16H22N4O/c1-4-5-13-14(17)15(20-19-13)16(21)18-11(3)12-8-6-10(2)7-9-12/h6-9,11H,4-5,17H2,1-3H3,(H,18,21)(H,19,20). The van der Waals surface area contributed by atoms with E-state index >= 15 is 0 Å². The number of nitrogens with one attached hydrogen (secondary N) is 2. The van der Waals surface area contributed by atoms with Crippen LogP contribution in [0, 0.1) is 6.92 Å². The Morgan fingerprint density at radius 3 is 2.67 bits per heavy atom. The molecule has 0 aliphatic rings. The van der Waals surface area contributed by atoms with Gasteiger partial charge in [-0.3, -0.25) is 9.89 Å². The Morgan fingerprint density at radius 1 is 1.38 bits per heavy atom. The van der Waals surface area contributed by atoms with Gasteiger partial charge in [0.15, 0.2) is 5.69 Å². The van der Waals surface area contributed by atoms with Crippen molar-refractivity contribution in [3.05, 3.63) is 46.8 Å². The Morgan fingerprint density at radius 2 is 2.05 bits per heavy atom. The van der Waals surface area contributed by atoms with Gasteiger partial charge in [-0.25, -0.2) is 0 Å². The Balaban J connectivity index is 2.09. The van der Waals surface area contributed by atoms with E-state index in [1.165, 1.54) is 5.56 Å². The number of amides is 1. The zero-order valence-corrected chi connectivity index (χ0v) is 12.7. The molecule has 2 aromatic rings. The highest BCUT2D eigenvalue weighted by atomic mass is 16.2. The minimum Gasteiger partial charge on any atom is -0.395 e. The molecule has 0 bridgehead atoms. The minimum atomic E-state index is -0.251. The summed E-state index contributed by atoms with van der Waals surface area (Å²) >= 11 is 0. The number of aromatic amines is 1. The third kappa shape index (κ3) is 3.42.